The average Bonchev–Trinajstić information content (AvgIpc) is 1.51. The zero-order valence-electron chi connectivity index (χ0n) is 80.4. The van der Waals surface area contributed by atoms with E-state index < -0.39 is 18.1 Å². The molecule has 1 aliphatic carbocycles. The highest BCUT2D eigenvalue weighted by Crippen LogP contribution is 2.55. The van der Waals surface area contributed by atoms with E-state index in [1.165, 1.54) is 54.6 Å². The summed E-state index contributed by atoms with van der Waals surface area (Å²) in [6.45, 7) is 4.69. The molecule has 0 radical (unpaired) electrons. The first-order chi connectivity index (χ1) is 71.3. The van der Waals surface area contributed by atoms with Crippen molar-refractivity contribution in [3.8, 4) is 153 Å². The van der Waals surface area contributed by atoms with Crippen molar-refractivity contribution >= 4 is 129 Å². The molecule has 0 saturated carbocycles. The summed E-state index contributed by atoms with van der Waals surface area (Å²) in [6.07, 6.45) is 0. The molecule has 656 valence electrons. The zero-order valence-corrected chi connectivity index (χ0v) is 77.0. The van der Waals surface area contributed by atoms with E-state index in [2.05, 4.69) is 301 Å². The van der Waals surface area contributed by atoms with Gasteiger partial charge in [0.05, 0.1) is 83.1 Å². The second-order valence-electron chi connectivity index (χ2n) is 35.6. The van der Waals surface area contributed by atoms with Crippen LogP contribution in [0.5, 0.6) is 0 Å². The van der Waals surface area contributed by atoms with Crippen LogP contribution in [0.25, 0.3) is 259 Å². The third kappa shape index (κ3) is 13.6. The molecule has 140 heavy (non-hydrogen) atoms. The summed E-state index contributed by atoms with van der Waals surface area (Å²) in [4.78, 5) is 53.2. The van der Waals surface area contributed by atoms with Gasteiger partial charge in [-0.3, -0.25) is 0 Å². The second-order valence-corrected chi connectivity index (χ2v) is 37.7. The summed E-state index contributed by atoms with van der Waals surface area (Å²) in [7, 11) is 0. The van der Waals surface area contributed by atoms with Gasteiger partial charge in [-0.1, -0.05) is 372 Å². The maximum atomic E-state index is 9.13. The molecule has 0 atom stereocenters. The van der Waals surface area contributed by atoms with Gasteiger partial charge in [0.15, 0.2) is 46.6 Å². The van der Waals surface area contributed by atoms with Crippen LogP contribution in [-0.4, -0.2) is 63.5 Å². The Bertz CT molecular complexity index is 9850. The fourth-order valence-electron chi connectivity index (χ4n) is 20.7. The van der Waals surface area contributed by atoms with Crippen molar-refractivity contribution in [1.82, 2.24) is 63.5 Å². The third-order valence-corrected chi connectivity index (χ3v) is 29.5. The van der Waals surface area contributed by atoms with Crippen LogP contribution in [0.3, 0.4) is 0 Å². The lowest BCUT2D eigenvalue weighted by Crippen LogP contribution is -2.14. The van der Waals surface area contributed by atoms with Crippen molar-refractivity contribution in [1.29, 1.82) is 0 Å². The molecule has 18 aromatic carbocycles. The number of rotatable bonds is 14. The largest absolute Gasteiger partial charge is 0.309 e. The molecule has 0 amide bonds. The summed E-state index contributed by atoms with van der Waals surface area (Å²) < 4.78 is 54.9. The van der Waals surface area contributed by atoms with Crippen molar-refractivity contribution < 1.29 is 6.85 Å². The molecule has 0 N–H and O–H groups in total. The Kier molecular flexibility index (Phi) is 18.1. The van der Waals surface area contributed by atoms with Crippen molar-refractivity contribution in [2.75, 3.05) is 0 Å². The number of fused-ring (bicyclic) bond motifs is 20. The molecule has 9 heterocycles. The van der Waals surface area contributed by atoms with Gasteiger partial charge in [0.25, 0.3) is 0 Å². The highest BCUT2D eigenvalue weighted by Gasteiger charge is 2.39. The number of hydrogen-bond donors (Lipinski definition) is 0. The van der Waals surface area contributed by atoms with Gasteiger partial charge in [0.1, 0.15) is 0 Å². The number of nitrogens with zero attached hydrogens (tertiary/aromatic N) is 13. The Hall–Kier alpha value is -18.0. The summed E-state index contributed by atoms with van der Waals surface area (Å²) in [5.74, 6) is 4.04. The maximum Gasteiger partial charge on any atom is 0.166 e. The molecule has 28 rings (SSSR count). The first kappa shape index (κ1) is 76.3. The van der Waals surface area contributed by atoms with E-state index in [0.717, 1.165) is 148 Å². The van der Waals surface area contributed by atoms with Gasteiger partial charge in [-0.2, -0.15) is 0 Å². The number of aromatic nitrogens is 13. The van der Waals surface area contributed by atoms with Crippen LogP contribution in [-0.2, 0) is 5.41 Å². The average molecular weight is 1830 g/mol. The smallest absolute Gasteiger partial charge is 0.166 e. The van der Waals surface area contributed by atoms with Gasteiger partial charge < -0.3 is 13.7 Å². The van der Waals surface area contributed by atoms with E-state index in [0.29, 0.717) is 67.9 Å². The third-order valence-electron chi connectivity index (χ3n) is 27.2. The number of thiophene rings is 2. The Morgan fingerprint density at radius 1 is 0.243 bits per heavy atom. The topological polar surface area (TPSA) is 144 Å². The number of hydrogen-bond acceptors (Lipinski definition) is 12. The first-order valence-electron chi connectivity index (χ1n) is 49.1. The van der Waals surface area contributed by atoms with E-state index >= 15 is 0 Å². The molecular weight excluding hydrogens is 1750 g/mol. The second kappa shape index (κ2) is 33.2. The molecule has 1 aliphatic rings. The van der Waals surface area contributed by atoms with Gasteiger partial charge in [-0.15, -0.1) is 22.7 Å². The zero-order chi connectivity index (χ0) is 97.0. The van der Waals surface area contributed by atoms with Crippen LogP contribution >= 0.6 is 22.7 Å². The number of para-hydroxylation sites is 4. The molecule has 0 unspecified atom stereocenters. The van der Waals surface area contributed by atoms with Crippen molar-refractivity contribution in [2.24, 2.45) is 0 Å². The van der Waals surface area contributed by atoms with Crippen LogP contribution in [0.2, 0.25) is 0 Å². The molecule has 27 aromatic rings. The van der Waals surface area contributed by atoms with Gasteiger partial charge in [0.2, 0.25) is 0 Å². The van der Waals surface area contributed by atoms with Crippen LogP contribution in [0.1, 0.15) is 31.8 Å². The van der Waals surface area contributed by atoms with Crippen LogP contribution in [0.15, 0.2) is 443 Å². The monoisotopic (exact) mass is 1830 g/mol. The minimum Gasteiger partial charge on any atom is -0.309 e. The van der Waals surface area contributed by atoms with Gasteiger partial charge in [-0.05, 0) is 113 Å². The molecule has 0 spiro atoms. The maximum absolute atomic E-state index is 9.13. The highest BCUT2D eigenvalue weighted by molar-refractivity contribution is 7.26. The van der Waals surface area contributed by atoms with Crippen LogP contribution < -0.4 is 0 Å². The SMILES string of the molecule is CC1(C)c2ccccc2-c2c1ccc1c3ccccc3n(-c3ccc(-c4nc(-c5ccc(-c6ccccc6)cc5)c5sc6ccccc6c5n4)cc3-c3nc(-c4ccccc4)nc(-c4ccccc4)n3)c21.[2H]c1c([2H])c([2H])c(-c2nc(-c3ccc(-n4c5ccccc5c5ccc6c(c7ccccc7n6-c6ccccc6)c54)c(-c4nc(-c5ccccc5)nc(-c5ccccc5)n4)c3)nc3c2sc2ccccc23)c([2H])c1[2H]. The van der Waals surface area contributed by atoms with Gasteiger partial charge >= 0.3 is 0 Å². The van der Waals surface area contributed by atoms with E-state index in [1.807, 2.05) is 140 Å². The summed E-state index contributed by atoms with van der Waals surface area (Å²) in [5, 5.41) is 8.66. The number of benzene rings is 18. The minimum atomic E-state index is -0.472. The van der Waals surface area contributed by atoms with Gasteiger partial charge in [0, 0.05) is 125 Å². The Balaban J connectivity index is 0.000000144. The standard InChI is InChI=1S/C64H42N6S.C61H37N7S/c1-64(2)50-27-15-12-25-47(50)55-51(64)36-35-46-45-24-13-16-28-52(45)70(58(46)55)53-37-34-44(38-49(53)63-68-60(42-20-8-4-9-21-42)67-61(69-63)43-22-10-5-11-23-43)62-65-56(59-57(66-62)48-26-14-17-29-54(48)71-59)41-32-30-40(31-33-41)39-18-6-3-7-19-39;1-5-19-38(20-6-1)54-57-55(46-29-15-18-32-52(46)69-57)63-60(62-54)41-33-35-50(47(37-41)61-65-58(39-21-7-2-8-22-39)64-59(66-61)40-23-9-3-10-24-40)68-48-30-16-13-27-43(48)44-34-36-51-53(56(44)68)45-28-14-17-31-49(45)67(51)42-25-11-4-12-26-42/h3-38H,1-2H3;1-37H/i;1D,5D,6D,19D,20D. The predicted molar refractivity (Wildman–Crippen MR) is 577 cm³/mol. The van der Waals surface area contributed by atoms with E-state index in [1.54, 1.807) is 11.3 Å². The van der Waals surface area contributed by atoms with Crippen molar-refractivity contribution in [3.05, 3.63) is 454 Å². The Morgan fingerprint density at radius 2 is 0.614 bits per heavy atom. The molecule has 0 aliphatic heterocycles. The lowest BCUT2D eigenvalue weighted by atomic mass is 9.82. The van der Waals surface area contributed by atoms with E-state index in [9.17, 15) is 0 Å². The minimum absolute atomic E-state index is 0.00878. The highest BCUT2D eigenvalue weighted by atomic mass is 32.1. The predicted octanol–water partition coefficient (Wildman–Crippen LogP) is 32.0. The summed E-state index contributed by atoms with van der Waals surface area (Å²) in [5.41, 5.74) is 26.5. The normalized spacial score (nSPS) is 12.8. The van der Waals surface area contributed by atoms with E-state index in [4.69, 9.17) is 56.7 Å². The Labute approximate surface area is 819 Å². The molecule has 9 aromatic heterocycles. The fourth-order valence-corrected chi connectivity index (χ4v) is 23.0. The van der Waals surface area contributed by atoms with Crippen molar-refractivity contribution in [2.45, 2.75) is 19.3 Å². The molecule has 15 heteroatoms. The summed E-state index contributed by atoms with van der Waals surface area (Å²) >= 11 is 3.17. The molecule has 0 bridgehead atoms. The molecule has 0 fully saturated rings. The van der Waals surface area contributed by atoms with Crippen LogP contribution in [0, 0.1) is 0 Å². The summed E-state index contributed by atoms with van der Waals surface area (Å²) in [6, 6.07) is 141. The molecule has 0 saturated heterocycles. The lowest BCUT2D eigenvalue weighted by Gasteiger charge is -2.21. The quantitative estimate of drug-likeness (QED) is 0.103. The fraction of sp³-hybridized carbons (Fsp3) is 0.0240. The first-order valence-corrected chi connectivity index (χ1v) is 48.2. The Morgan fingerprint density at radius 3 is 1.12 bits per heavy atom. The van der Waals surface area contributed by atoms with Gasteiger partial charge in [-0.25, -0.2) is 49.8 Å². The molecular formula is C125H79N13S2. The van der Waals surface area contributed by atoms with Crippen molar-refractivity contribution in [3.63, 3.8) is 0 Å². The van der Waals surface area contributed by atoms with Crippen LogP contribution in [0.4, 0.5) is 0 Å². The van der Waals surface area contributed by atoms with E-state index in [-0.39, 0.29) is 28.8 Å². The lowest BCUT2D eigenvalue weighted by molar-refractivity contribution is 0.661. The molecule has 13 nitrogen and oxygen atoms in total.